The predicted octanol–water partition coefficient (Wildman–Crippen LogP) is 13.9. The van der Waals surface area contributed by atoms with Gasteiger partial charge in [0, 0.05) is 51.0 Å². The smallest absolute Gasteiger partial charge is 0.0603 e. The van der Waals surface area contributed by atoms with E-state index in [0.717, 1.165) is 36.9 Å². The summed E-state index contributed by atoms with van der Waals surface area (Å²) in [5.41, 5.74) is 0. The minimum Gasteiger partial charge on any atom is -0.354 e. The van der Waals surface area contributed by atoms with Crippen molar-refractivity contribution in [1.29, 1.82) is 0 Å². The van der Waals surface area contributed by atoms with Gasteiger partial charge in [-0.15, -0.1) is 34.0 Å². The topological polar surface area (TPSA) is 34.6 Å². The van der Waals surface area contributed by atoms with Crippen molar-refractivity contribution in [1.82, 2.24) is 9.13 Å². The van der Waals surface area contributed by atoms with Gasteiger partial charge in [-0.3, -0.25) is 9.98 Å². The standard InChI is InChI=1S/C44H78N4.2BrH/c1-3-5-7-9-11-13-15-19-23-27-35-45-43-31-39-47(40-32-43)37-29-25-21-17-18-22-26-30-38-48-41-33-44(34-42-48)46-36-28-24-20-16-14-12-10-8-6-4-2;;/h31-34,39-42H,3-30,35-38H2,1-2H3;2*1H. The van der Waals surface area contributed by atoms with Gasteiger partial charge in [0.15, 0.2) is 0 Å². The Kier molecular flexibility index (Phi) is 36.8. The summed E-state index contributed by atoms with van der Waals surface area (Å²) < 4.78 is 4.66. The monoisotopic (exact) mass is 822 g/mol. The predicted molar refractivity (Wildman–Crippen MR) is 231 cm³/mol. The number of pyridine rings is 2. The van der Waals surface area contributed by atoms with Gasteiger partial charge in [0.1, 0.15) is 0 Å². The summed E-state index contributed by atoms with van der Waals surface area (Å²) in [6, 6.07) is 8.77. The number of aromatic nitrogens is 2. The number of aryl methyl sites for hydroxylation is 2. The van der Waals surface area contributed by atoms with Gasteiger partial charge >= 0.3 is 0 Å². The number of hydrogen-bond donors (Lipinski definition) is 0. The molecule has 0 aliphatic rings. The normalized spacial score (nSPS) is 10.8. The third kappa shape index (κ3) is 29.4. The average molecular weight is 825 g/mol. The van der Waals surface area contributed by atoms with Crippen molar-refractivity contribution in [3.05, 3.63) is 59.8 Å². The summed E-state index contributed by atoms with van der Waals surface area (Å²) in [4.78, 5) is 9.59. The third-order valence-corrected chi connectivity index (χ3v) is 9.94. The van der Waals surface area contributed by atoms with Crippen LogP contribution in [0.5, 0.6) is 0 Å². The molecule has 0 aliphatic heterocycles. The lowest BCUT2D eigenvalue weighted by Gasteiger charge is -2.07. The molecule has 0 unspecified atom stereocenters. The lowest BCUT2D eigenvalue weighted by atomic mass is 10.1. The molecule has 0 radical (unpaired) electrons. The molecule has 0 N–H and O–H groups in total. The number of unbranched alkanes of at least 4 members (excludes halogenated alkanes) is 25. The molecule has 0 aliphatic carbocycles. The Morgan fingerprint density at radius 1 is 0.340 bits per heavy atom. The molecule has 290 valence electrons. The van der Waals surface area contributed by atoms with E-state index in [1.807, 2.05) is 0 Å². The third-order valence-electron chi connectivity index (χ3n) is 9.94. The molecule has 0 amide bonds. The minimum atomic E-state index is 0. The molecule has 4 nitrogen and oxygen atoms in total. The Morgan fingerprint density at radius 3 is 0.860 bits per heavy atom. The van der Waals surface area contributed by atoms with Gasteiger partial charge in [-0.25, -0.2) is 0 Å². The van der Waals surface area contributed by atoms with Crippen molar-refractivity contribution in [2.45, 2.75) is 207 Å². The molecule has 2 aromatic rings. The van der Waals surface area contributed by atoms with Crippen LogP contribution in [0.1, 0.15) is 194 Å². The first-order chi connectivity index (χ1) is 23.8. The van der Waals surface area contributed by atoms with Crippen LogP contribution in [0.4, 0.5) is 0 Å². The van der Waals surface area contributed by atoms with Crippen LogP contribution in [-0.2, 0) is 13.1 Å². The van der Waals surface area contributed by atoms with Crippen molar-refractivity contribution < 1.29 is 0 Å². The van der Waals surface area contributed by atoms with Gasteiger partial charge in [-0.1, -0.05) is 168 Å². The van der Waals surface area contributed by atoms with Crippen molar-refractivity contribution in [2.24, 2.45) is 9.98 Å². The van der Waals surface area contributed by atoms with Crippen molar-refractivity contribution >= 4 is 34.0 Å². The summed E-state index contributed by atoms with van der Waals surface area (Å²) in [6.45, 7) is 8.79. The Labute approximate surface area is 331 Å². The van der Waals surface area contributed by atoms with Gasteiger partial charge in [-0.2, -0.15) is 0 Å². The summed E-state index contributed by atoms with van der Waals surface area (Å²) >= 11 is 0. The summed E-state index contributed by atoms with van der Waals surface area (Å²) in [7, 11) is 0. The molecule has 0 fully saturated rings. The zero-order valence-corrected chi connectivity index (χ0v) is 36.3. The van der Waals surface area contributed by atoms with Crippen molar-refractivity contribution in [3.63, 3.8) is 0 Å². The van der Waals surface area contributed by atoms with Crippen LogP contribution in [0, 0.1) is 0 Å². The largest absolute Gasteiger partial charge is 0.354 e. The molecule has 2 rings (SSSR count). The fraction of sp³-hybridized carbons (Fsp3) is 0.773. The van der Waals surface area contributed by atoms with E-state index in [9.17, 15) is 0 Å². The SMILES string of the molecule is Br.Br.CCCCCCCCCCCCN=c1ccn(CCCCCCCCCCn2ccc(=NCCCCCCCCCCCC)cc2)cc1. The van der Waals surface area contributed by atoms with Crippen LogP contribution in [-0.4, -0.2) is 22.2 Å². The highest BCUT2D eigenvalue weighted by Crippen LogP contribution is 2.12. The average Bonchev–Trinajstić information content (AvgIpc) is 3.11. The molecule has 0 aromatic carbocycles. The second kappa shape index (κ2) is 37.6. The van der Waals surface area contributed by atoms with E-state index < -0.39 is 0 Å². The molecule has 0 saturated carbocycles. The van der Waals surface area contributed by atoms with Gasteiger partial charge in [-0.05, 0) is 49.9 Å². The quantitative estimate of drug-likeness (QED) is 0.0643. The molecule has 0 spiro atoms. The van der Waals surface area contributed by atoms with Crippen molar-refractivity contribution in [3.8, 4) is 0 Å². The Bertz CT molecular complexity index is 981. The maximum Gasteiger partial charge on any atom is 0.0603 e. The first kappa shape index (κ1) is 48.9. The van der Waals surface area contributed by atoms with Gasteiger partial charge in [0.2, 0.25) is 0 Å². The number of nitrogens with zero attached hydrogens (tertiary/aromatic N) is 4. The Balaban J connectivity index is 0.0000120. The minimum absolute atomic E-state index is 0. The van der Waals surface area contributed by atoms with Gasteiger partial charge in [0.05, 0.1) is 10.7 Å². The fourth-order valence-corrected chi connectivity index (χ4v) is 6.67. The van der Waals surface area contributed by atoms with E-state index in [4.69, 9.17) is 9.98 Å². The molecule has 0 saturated heterocycles. The Hall–Kier alpha value is -1.14. The molecule has 0 atom stereocenters. The summed E-state index contributed by atoms with van der Waals surface area (Å²) in [6.07, 6.45) is 47.2. The molecule has 0 bridgehead atoms. The van der Waals surface area contributed by atoms with Crippen LogP contribution in [0.3, 0.4) is 0 Å². The van der Waals surface area contributed by atoms with E-state index in [1.165, 1.54) is 180 Å². The second-order valence-electron chi connectivity index (χ2n) is 14.5. The number of rotatable bonds is 33. The first-order valence-corrected chi connectivity index (χ1v) is 21.1. The highest BCUT2D eigenvalue weighted by atomic mass is 79.9. The zero-order valence-electron chi connectivity index (χ0n) is 32.9. The highest BCUT2D eigenvalue weighted by molar-refractivity contribution is 8.93. The van der Waals surface area contributed by atoms with Gasteiger partial charge < -0.3 is 9.13 Å². The van der Waals surface area contributed by atoms with E-state index in [-0.39, 0.29) is 34.0 Å². The fourth-order valence-electron chi connectivity index (χ4n) is 6.67. The maximum absolute atomic E-state index is 4.80. The van der Waals surface area contributed by atoms with Crippen LogP contribution in [0.25, 0.3) is 0 Å². The number of hydrogen-bond acceptors (Lipinski definition) is 2. The molecular weight excluding hydrogens is 744 g/mol. The molecule has 6 heteroatoms. The molecule has 2 heterocycles. The lowest BCUT2D eigenvalue weighted by molar-refractivity contribution is 0.524. The van der Waals surface area contributed by atoms with Crippen LogP contribution in [0.15, 0.2) is 59.0 Å². The lowest BCUT2D eigenvalue weighted by Crippen LogP contribution is -2.06. The summed E-state index contributed by atoms with van der Waals surface area (Å²) in [5.74, 6) is 0. The van der Waals surface area contributed by atoms with Crippen LogP contribution in [0.2, 0.25) is 0 Å². The van der Waals surface area contributed by atoms with E-state index in [0.29, 0.717) is 0 Å². The van der Waals surface area contributed by atoms with Crippen LogP contribution < -0.4 is 10.7 Å². The number of halogens is 2. The van der Waals surface area contributed by atoms with Crippen LogP contribution >= 0.6 is 34.0 Å². The summed E-state index contributed by atoms with van der Waals surface area (Å²) in [5, 5.41) is 2.28. The molecule has 2 aromatic heterocycles. The van der Waals surface area contributed by atoms with E-state index in [1.54, 1.807) is 0 Å². The van der Waals surface area contributed by atoms with E-state index >= 15 is 0 Å². The van der Waals surface area contributed by atoms with Gasteiger partial charge in [0.25, 0.3) is 0 Å². The zero-order chi connectivity index (χ0) is 34.0. The molecule has 50 heavy (non-hydrogen) atoms. The first-order valence-electron chi connectivity index (χ1n) is 21.1. The highest BCUT2D eigenvalue weighted by Gasteiger charge is 1.97. The Morgan fingerprint density at radius 2 is 0.580 bits per heavy atom. The molecular formula is C44H80Br2N4. The van der Waals surface area contributed by atoms with E-state index in [2.05, 4.69) is 72.0 Å². The van der Waals surface area contributed by atoms with Crippen molar-refractivity contribution in [2.75, 3.05) is 13.1 Å². The second-order valence-corrected chi connectivity index (χ2v) is 14.5. The maximum atomic E-state index is 4.80.